The first kappa shape index (κ1) is 22.3. The first-order chi connectivity index (χ1) is 16.2. The standard InChI is InChI=1S/C24H27F2N7O/c1-5-21(34)33-20-8-17(31-9-13(2)27-14(3)10-31)7-18(25)22(20)23(30-33)29-16-6-19(26)24-28-15(4)11-32(24)12-16/h6-8,11-14,27H,5,9-10H2,1-4H3,(H,29,30)/t13-,14-/m0/s1. The number of fused-ring (bicyclic) bond motifs is 2. The van der Waals surface area contributed by atoms with E-state index in [1.54, 1.807) is 36.7 Å². The molecule has 8 nitrogen and oxygen atoms in total. The molecule has 4 aromatic rings. The molecule has 2 N–H and O–H groups in total. The zero-order valence-corrected chi connectivity index (χ0v) is 19.6. The average Bonchev–Trinajstić information content (AvgIpc) is 3.33. The van der Waals surface area contributed by atoms with E-state index in [-0.39, 0.29) is 41.3 Å². The Morgan fingerprint density at radius 2 is 1.88 bits per heavy atom. The van der Waals surface area contributed by atoms with Gasteiger partial charge in [0, 0.05) is 55.7 Å². The lowest BCUT2D eigenvalue weighted by Crippen LogP contribution is -2.54. The zero-order chi connectivity index (χ0) is 24.1. The number of carbonyl (C=O) groups is 1. The second-order valence-corrected chi connectivity index (χ2v) is 9.02. The smallest absolute Gasteiger partial charge is 0.247 e. The number of pyridine rings is 1. The Kier molecular flexibility index (Phi) is 5.47. The summed E-state index contributed by atoms with van der Waals surface area (Å²) in [5.74, 6) is -1.12. The van der Waals surface area contributed by atoms with E-state index in [0.29, 0.717) is 22.6 Å². The van der Waals surface area contributed by atoms with Crippen LogP contribution in [-0.4, -0.2) is 50.2 Å². The molecule has 3 aromatic heterocycles. The van der Waals surface area contributed by atoms with Gasteiger partial charge in [-0.2, -0.15) is 4.68 Å². The molecular formula is C24H27F2N7O. The minimum Gasteiger partial charge on any atom is -0.368 e. The molecule has 0 saturated carbocycles. The Labute approximate surface area is 195 Å². The van der Waals surface area contributed by atoms with E-state index in [0.717, 1.165) is 13.1 Å². The van der Waals surface area contributed by atoms with Crippen LogP contribution >= 0.6 is 0 Å². The number of aryl methyl sites for hydroxylation is 1. The second kappa shape index (κ2) is 8.35. The van der Waals surface area contributed by atoms with Gasteiger partial charge in [-0.1, -0.05) is 6.92 Å². The molecule has 0 spiro atoms. The fourth-order valence-electron chi connectivity index (χ4n) is 4.72. The molecule has 1 aliphatic rings. The molecule has 0 bridgehead atoms. The summed E-state index contributed by atoms with van der Waals surface area (Å²) in [5, 5.41) is 11.0. The van der Waals surface area contributed by atoms with Gasteiger partial charge in [-0.05, 0) is 32.9 Å². The maximum atomic E-state index is 15.5. The second-order valence-electron chi connectivity index (χ2n) is 9.02. The predicted octanol–water partition coefficient (Wildman–Crippen LogP) is 4.25. The number of carbonyl (C=O) groups excluding carboxylic acids is 1. The SMILES string of the molecule is CCC(=O)n1nc(Nc2cc(F)c3nc(C)cn3c2)c2c(F)cc(N3C[C@H](C)N[C@@H](C)C3)cc21. The van der Waals surface area contributed by atoms with Crippen LogP contribution in [0.2, 0.25) is 0 Å². The Hall–Kier alpha value is -3.53. The summed E-state index contributed by atoms with van der Waals surface area (Å²) in [6, 6.07) is 5.06. The van der Waals surface area contributed by atoms with Gasteiger partial charge in [-0.3, -0.25) is 4.79 Å². The summed E-state index contributed by atoms with van der Waals surface area (Å²) >= 11 is 0. The van der Waals surface area contributed by atoms with Crippen molar-refractivity contribution >= 4 is 39.6 Å². The van der Waals surface area contributed by atoms with Crippen molar-refractivity contribution in [3.8, 4) is 0 Å². The summed E-state index contributed by atoms with van der Waals surface area (Å²) in [6.45, 7) is 9.12. The van der Waals surface area contributed by atoms with E-state index in [4.69, 9.17) is 0 Å². The van der Waals surface area contributed by atoms with Crippen LogP contribution < -0.4 is 15.5 Å². The molecule has 1 aliphatic heterocycles. The summed E-state index contributed by atoms with van der Waals surface area (Å²) in [6.07, 6.45) is 3.56. The fourth-order valence-corrected chi connectivity index (χ4v) is 4.72. The number of rotatable bonds is 4. The topological polar surface area (TPSA) is 79.5 Å². The van der Waals surface area contributed by atoms with Crippen LogP contribution in [0.3, 0.4) is 0 Å². The minimum atomic E-state index is -0.517. The number of anilines is 3. The largest absolute Gasteiger partial charge is 0.368 e. The van der Waals surface area contributed by atoms with Crippen LogP contribution in [0.4, 0.5) is 26.0 Å². The van der Waals surface area contributed by atoms with Crippen LogP contribution in [-0.2, 0) is 0 Å². The number of benzene rings is 1. The summed E-state index contributed by atoms with van der Waals surface area (Å²) < 4.78 is 32.9. The number of aromatic nitrogens is 4. The van der Waals surface area contributed by atoms with Crippen LogP contribution in [0.25, 0.3) is 16.6 Å². The van der Waals surface area contributed by atoms with Crippen molar-refractivity contribution < 1.29 is 13.6 Å². The highest BCUT2D eigenvalue weighted by Crippen LogP contribution is 2.33. The van der Waals surface area contributed by atoms with E-state index < -0.39 is 11.6 Å². The third kappa shape index (κ3) is 3.87. The third-order valence-electron chi connectivity index (χ3n) is 6.07. The maximum Gasteiger partial charge on any atom is 0.247 e. The molecule has 0 radical (unpaired) electrons. The number of piperazine rings is 1. The fraction of sp³-hybridized carbons (Fsp3) is 0.375. The monoisotopic (exact) mass is 467 g/mol. The number of nitrogens with one attached hydrogen (secondary N) is 2. The van der Waals surface area contributed by atoms with Gasteiger partial charge >= 0.3 is 0 Å². The van der Waals surface area contributed by atoms with Crippen LogP contribution in [0.15, 0.2) is 30.6 Å². The molecule has 34 heavy (non-hydrogen) atoms. The van der Waals surface area contributed by atoms with E-state index in [1.165, 1.54) is 16.8 Å². The first-order valence-corrected chi connectivity index (χ1v) is 11.4. The normalized spacial score (nSPS) is 18.7. The van der Waals surface area contributed by atoms with E-state index in [2.05, 4.69) is 39.5 Å². The maximum absolute atomic E-state index is 15.5. The van der Waals surface area contributed by atoms with Gasteiger partial charge in [0.1, 0.15) is 5.82 Å². The molecular weight excluding hydrogens is 440 g/mol. The van der Waals surface area contributed by atoms with Gasteiger partial charge in [-0.15, -0.1) is 5.10 Å². The minimum absolute atomic E-state index is 0.151. The van der Waals surface area contributed by atoms with Crippen LogP contribution in [0.1, 0.15) is 37.7 Å². The highest BCUT2D eigenvalue weighted by molar-refractivity contribution is 6.00. The lowest BCUT2D eigenvalue weighted by molar-refractivity contribution is 0.0899. The Balaban J connectivity index is 1.61. The van der Waals surface area contributed by atoms with Crippen molar-refractivity contribution in [3.63, 3.8) is 0 Å². The van der Waals surface area contributed by atoms with E-state index in [1.807, 2.05) is 0 Å². The van der Waals surface area contributed by atoms with Gasteiger partial charge in [0.15, 0.2) is 17.3 Å². The first-order valence-electron chi connectivity index (χ1n) is 11.4. The highest BCUT2D eigenvalue weighted by atomic mass is 19.1. The van der Waals surface area contributed by atoms with Crippen molar-refractivity contribution in [2.24, 2.45) is 0 Å². The van der Waals surface area contributed by atoms with Gasteiger partial charge in [-0.25, -0.2) is 13.8 Å². The summed E-state index contributed by atoms with van der Waals surface area (Å²) in [7, 11) is 0. The lowest BCUT2D eigenvalue weighted by Gasteiger charge is -2.37. The third-order valence-corrected chi connectivity index (χ3v) is 6.07. The van der Waals surface area contributed by atoms with Crippen molar-refractivity contribution in [1.29, 1.82) is 0 Å². The number of hydrogen-bond acceptors (Lipinski definition) is 6. The molecule has 2 atom stereocenters. The van der Waals surface area contributed by atoms with E-state index in [9.17, 15) is 9.18 Å². The van der Waals surface area contributed by atoms with Crippen molar-refractivity contribution in [2.75, 3.05) is 23.3 Å². The zero-order valence-electron chi connectivity index (χ0n) is 19.6. The molecule has 1 saturated heterocycles. The van der Waals surface area contributed by atoms with Crippen molar-refractivity contribution in [3.05, 3.63) is 47.9 Å². The average molecular weight is 468 g/mol. The highest BCUT2D eigenvalue weighted by Gasteiger charge is 2.25. The summed E-state index contributed by atoms with van der Waals surface area (Å²) in [4.78, 5) is 18.9. The Bertz CT molecular complexity index is 1400. The van der Waals surface area contributed by atoms with Gasteiger partial charge < -0.3 is 19.9 Å². The van der Waals surface area contributed by atoms with Gasteiger partial charge in [0.05, 0.1) is 22.3 Å². The molecule has 178 valence electrons. The molecule has 4 heterocycles. The number of hydrogen-bond donors (Lipinski definition) is 2. The van der Waals surface area contributed by atoms with Crippen molar-refractivity contribution in [2.45, 2.75) is 46.2 Å². The lowest BCUT2D eigenvalue weighted by atomic mass is 10.1. The Morgan fingerprint density at radius 1 is 1.15 bits per heavy atom. The van der Waals surface area contributed by atoms with Crippen LogP contribution in [0.5, 0.6) is 0 Å². The van der Waals surface area contributed by atoms with Crippen LogP contribution in [0, 0.1) is 18.6 Å². The molecule has 0 amide bonds. The molecule has 1 fully saturated rings. The number of nitrogens with zero attached hydrogens (tertiary/aromatic N) is 5. The van der Waals surface area contributed by atoms with E-state index >= 15 is 4.39 Å². The number of halogens is 2. The Morgan fingerprint density at radius 3 is 2.59 bits per heavy atom. The molecule has 0 aliphatic carbocycles. The number of imidazole rings is 1. The molecule has 0 unspecified atom stereocenters. The quantitative estimate of drug-likeness (QED) is 0.467. The van der Waals surface area contributed by atoms with Gasteiger partial charge in [0.2, 0.25) is 5.91 Å². The van der Waals surface area contributed by atoms with Crippen molar-refractivity contribution in [1.82, 2.24) is 24.5 Å². The molecule has 10 heteroatoms. The molecule has 5 rings (SSSR count). The van der Waals surface area contributed by atoms with Gasteiger partial charge in [0.25, 0.3) is 0 Å². The predicted molar refractivity (Wildman–Crippen MR) is 128 cm³/mol. The molecule has 1 aromatic carbocycles. The summed E-state index contributed by atoms with van der Waals surface area (Å²) in [5.41, 5.74) is 2.32.